The molecule has 140 valence electrons. The molecule has 8 nitrogen and oxygen atoms in total. The summed E-state index contributed by atoms with van der Waals surface area (Å²) in [6.07, 6.45) is 9.43. The molecule has 0 spiro atoms. The van der Waals surface area contributed by atoms with Crippen molar-refractivity contribution in [1.82, 2.24) is 30.0 Å². The highest BCUT2D eigenvalue weighted by molar-refractivity contribution is 5.62. The van der Waals surface area contributed by atoms with E-state index in [0.717, 1.165) is 59.9 Å². The molecule has 1 atom stereocenters. The highest BCUT2D eigenvalue weighted by Gasteiger charge is 2.28. The molecule has 4 heterocycles. The summed E-state index contributed by atoms with van der Waals surface area (Å²) in [6, 6.07) is 0.606. The number of methoxy groups -OCH3 is 1. The average molecular weight is 366 g/mol. The summed E-state index contributed by atoms with van der Waals surface area (Å²) >= 11 is 0. The lowest BCUT2D eigenvalue weighted by molar-refractivity contribution is 0.243. The fraction of sp³-hybridized carbons (Fsp3) is 0.421. The maximum atomic E-state index is 5.28. The van der Waals surface area contributed by atoms with Gasteiger partial charge in [0.2, 0.25) is 0 Å². The van der Waals surface area contributed by atoms with Crippen LogP contribution in [0.1, 0.15) is 41.6 Å². The second-order valence-corrected chi connectivity index (χ2v) is 6.73. The molecule has 1 aliphatic heterocycles. The summed E-state index contributed by atoms with van der Waals surface area (Å²) in [5.41, 5.74) is 4.59. The maximum absolute atomic E-state index is 5.28. The fourth-order valence-electron chi connectivity index (χ4n) is 3.63. The number of aryl methyl sites for hydroxylation is 2. The number of aromatic nitrogens is 5. The third kappa shape index (κ3) is 3.52. The molecular formula is C19H22N6O2. The lowest BCUT2D eigenvalue weighted by Gasteiger charge is -2.24. The zero-order valence-electron chi connectivity index (χ0n) is 15.7. The Hall–Kier alpha value is -2.87. The average Bonchev–Trinajstić information content (AvgIpc) is 3.28. The van der Waals surface area contributed by atoms with Crippen LogP contribution in [0, 0.1) is 13.8 Å². The topological polar surface area (TPSA) is 90.1 Å². The Morgan fingerprint density at radius 1 is 1.19 bits per heavy atom. The van der Waals surface area contributed by atoms with E-state index in [1.165, 1.54) is 0 Å². The van der Waals surface area contributed by atoms with Gasteiger partial charge in [-0.3, -0.25) is 9.88 Å². The van der Waals surface area contributed by atoms with E-state index >= 15 is 0 Å². The van der Waals surface area contributed by atoms with Gasteiger partial charge in [0.15, 0.2) is 0 Å². The summed E-state index contributed by atoms with van der Waals surface area (Å²) < 4.78 is 10.3. The van der Waals surface area contributed by atoms with Gasteiger partial charge < -0.3 is 9.26 Å². The first kappa shape index (κ1) is 17.5. The van der Waals surface area contributed by atoms with Crippen molar-refractivity contribution in [3.63, 3.8) is 0 Å². The molecule has 1 fully saturated rings. The van der Waals surface area contributed by atoms with E-state index in [1.54, 1.807) is 13.3 Å². The molecule has 0 amide bonds. The van der Waals surface area contributed by atoms with E-state index in [1.807, 2.05) is 32.4 Å². The van der Waals surface area contributed by atoms with Gasteiger partial charge in [0, 0.05) is 24.5 Å². The summed E-state index contributed by atoms with van der Waals surface area (Å²) in [5.74, 6) is 0.762. The molecule has 1 saturated heterocycles. The second-order valence-electron chi connectivity index (χ2n) is 6.73. The Balaban J connectivity index is 1.57. The lowest BCUT2D eigenvalue weighted by Crippen LogP contribution is -2.24. The number of hydrogen-bond acceptors (Lipinski definition) is 8. The summed E-state index contributed by atoms with van der Waals surface area (Å²) in [4.78, 5) is 20.1. The largest absolute Gasteiger partial charge is 0.467 e. The molecule has 4 rings (SSSR count). The second kappa shape index (κ2) is 7.40. The van der Waals surface area contributed by atoms with Gasteiger partial charge in [-0.2, -0.15) is 0 Å². The molecule has 8 heteroatoms. The molecule has 0 aromatic carbocycles. The van der Waals surface area contributed by atoms with Crippen LogP contribution < -0.4 is 4.74 Å². The van der Waals surface area contributed by atoms with Crippen LogP contribution in [0.4, 0.5) is 0 Å². The first-order valence-electron chi connectivity index (χ1n) is 9.00. The first-order valence-corrected chi connectivity index (χ1v) is 9.00. The van der Waals surface area contributed by atoms with E-state index in [2.05, 4.69) is 25.0 Å². The minimum absolute atomic E-state index is 0.222. The molecular weight excluding hydrogens is 344 g/mol. The van der Waals surface area contributed by atoms with Gasteiger partial charge >= 0.3 is 6.01 Å². The zero-order valence-corrected chi connectivity index (χ0v) is 15.7. The monoisotopic (exact) mass is 366 g/mol. The maximum Gasteiger partial charge on any atom is 0.316 e. The molecule has 1 aliphatic rings. The Morgan fingerprint density at radius 2 is 2.00 bits per heavy atom. The summed E-state index contributed by atoms with van der Waals surface area (Å²) in [6.45, 7) is 5.60. The quantitative estimate of drug-likeness (QED) is 0.681. The van der Waals surface area contributed by atoms with Gasteiger partial charge in [-0.05, 0) is 33.2 Å². The molecule has 3 aromatic heterocycles. The minimum atomic E-state index is 0.222. The van der Waals surface area contributed by atoms with Crippen molar-refractivity contribution >= 4 is 0 Å². The fourth-order valence-corrected chi connectivity index (χ4v) is 3.63. The summed E-state index contributed by atoms with van der Waals surface area (Å²) in [7, 11) is 1.57. The third-order valence-electron chi connectivity index (χ3n) is 4.90. The van der Waals surface area contributed by atoms with Crippen molar-refractivity contribution in [2.75, 3.05) is 13.7 Å². The van der Waals surface area contributed by atoms with Gasteiger partial charge in [-0.25, -0.2) is 15.0 Å². The van der Waals surface area contributed by atoms with E-state index in [-0.39, 0.29) is 6.04 Å². The predicted molar refractivity (Wildman–Crippen MR) is 98.0 cm³/mol. The SMILES string of the molecule is COc1ncc(CN2CCC[C@H]2c2cncc(-c3c(C)noc3C)n2)cn1. The van der Waals surface area contributed by atoms with Crippen molar-refractivity contribution in [2.24, 2.45) is 0 Å². The van der Waals surface area contributed by atoms with Crippen LogP contribution in [-0.4, -0.2) is 43.6 Å². The Labute approximate surface area is 157 Å². The van der Waals surface area contributed by atoms with Gasteiger partial charge in [0.25, 0.3) is 0 Å². The number of ether oxygens (including phenoxy) is 1. The predicted octanol–water partition coefficient (Wildman–Crippen LogP) is 2.88. The van der Waals surface area contributed by atoms with Crippen LogP contribution in [0.3, 0.4) is 0 Å². The Bertz CT molecular complexity index is 905. The van der Waals surface area contributed by atoms with Crippen LogP contribution >= 0.6 is 0 Å². The lowest BCUT2D eigenvalue weighted by atomic mass is 10.1. The van der Waals surface area contributed by atoms with Crippen LogP contribution in [0.15, 0.2) is 29.3 Å². The van der Waals surface area contributed by atoms with Gasteiger partial charge in [-0.1, -0.05) is 5.16 Å². The first-order chi connectivity index (χ1) is 13.2. The zero-order chi connectivity index (χ0) is 18.8. The van der Waals surface area contributed by atoms with Gasteiger partial charge in [0.05, 0.1) is 48.2 Å². The third-order valence-corrected chi connectivity index (χ3v) is 4.90. The van der Waals surface area contributed by atoms with E-state index < -0.39 is 0 Å². The van der Waals surface area contributed by atoms with Crippen LogP contribution in [0.25, 0.3) is 11.3 Å². The molecule has 3 aromatic rings. The van der Waals surface area contributed by atoms with Crippen molar-refractivity contribution in [3.8, 4) is 17.3 Å². The Kier molecular flexibility index (Phi) is 4.81. The van der Waals surface area contributed by atoms with Crippen molar-refractivity contribution < 1.29 is 9.26 Å². The minimum Gasteiger partial charge on any atom is -0.467 e. The van der Waals surface area contributed by atoms with Crippen LogP contribution in [0.2, 0.25) is 0 Å². The van der Waals surface area contributed by atoms with Crippen molar-refractivity contribution in [2.45, 2.75) is 39.3 Å². The van der Waals surface area contributed by atoms with Crippen LogP contribution in [-0.2, 0) is 6.54 Å². The number of hydrogen-bond donors (Lipinski definition) is 0. The van der Waals surface area contributed by atoms with E-state index in [9.17, 15) is 0 Å². The molecule has 0 aliphatic carbocycles. The smallest absolute Gasteiger partial charge is 0.316 e. The number of rotatable bonds is 5. The van der Waals surface area contributed by atoms with Gasteiger partial charge in [0.1, 0.15) is 5.76 Å². The highest BCUT2D eigenvalue weighted by Crippen LogP contribution is 2.33. The van der Waals surface area contributed by atoms with Crippen molar-refractivity contribution in [1.29, 1.82) is 0 Å². The van der Waals surface area contributed by atoms with Crippen molar-refractivity contribution in [3.05, 3.63) is 47.5 Å². The molecule has 0 bridgehead atoms. The number of likely N-dealkylation sites (tertiary alicyclic amines) is 1. The Morgan fingerprint density at radius 3 is 2.70 bits per heavy atom. The molecule has 0 N–H and O–H groups in total. The van der Waals surface area contributed by atoms with Gasteiger partial charge in [-0.15, -0.1) is 0 Å². The molecule has 27 heavy (non-hydrogen) atoms. The highest BCUT2D eigenvalue weighted by atomic mass is 16.5. The van der Waals surface area contributed by atoms with E-state index in [4.69, 9.17) is 14.2 Å². The molecule has 0 saturated carbocycles. The summed E-state index contributed by atoms with van der Waals surface area (Å²) in [5, 5.41) is 4.03. The molecule has 0 unspecified atom stereocenters. The molecule has 0 radical (unpaired) electrons. The normalized spacial score (nSPS) is 17.4. The number of nitrogens with zero attached hydrogens (tertiary/aromatic N) is 6. The standard InChI is InChI=1S/C19H22N6O2/c1-12-18(13(2)27-24-12)16-10-20-9-15(23-16)17-5-4-6-25(17)11-14-7-21-19(26-3)22-8-14/h7-10,17H,4-6,11H2,1-3H3/t17-/m0/s1. The van der Waals surface area contributed by atoms with Crippen LogP contribution in [0.5, 0.6) is 6.01 Å². The van der Waals surface area contributed by atoms with E-state index in [0.29, 0.717) is 6.01 Å².